The molecule has 236 valence electrons. The van der Waals surface area contributed by atoms with Crippen LogP contribution in [0, 0.1) is 0 Å². The molecule has 1 fully saturated rings. The summed E-state index contributed by atoms with van der Waals surface area (Å²) in [5.41, 5.74) is -2.29. The Kier molecular flexibility index (Phi) is 9.65. The maximum Gasteiger partial charge on any atom is 0.416 e. The lowest BCUT2D eigenvalue weighted by Crippen LogP contribution is -2.47. The van der Waals surface area contributed by atoms with Gasteiger partial charge < -0.3 is 25.2 Å². The first-order valence-electron chi connectivity index (χ1n) is 13.9. The Labute approximate surface area is 250 Å². The van der Waals surface area contributed by atoms with E-state index < -0.39 is 40.9 Å². The SMILES string of the molecule is CCC(C)NC(=O)c1cc(NC(=O)c2cc(C(F)(F)F)cc(C(F)(F)F)c2)ccc1N1CCN(c2ccccc2OC)CC1. The van der Waals surface area contributed by atoms with Gasteiger partial charge in [0.2, 0.25) is 0 Å². The predicted molar refractivity (Wildman–Crippen MR) is 155 cm³/mol. The van der Waals surface area contributed by atoms with Crippen molar-refractivity contribution < 1.29 is 40.7 Å². The lowest BCUT2D eigenvalue weighted by molar-refractivity contribution is -0.143. The van der Waals surface area contributed by atoms with Gasteiger partial charge in [-0.1, -0.05) is 19.1 Å². The van der Waals surface area contributed by atoms with E-state index in [1.54, 1.807) is 13.2 Å². The molecule has 4 rings (SSSR count). The second-order valence-electron chi connectivity index (χ2n) is 10.4. The molecule has 2 N–H and O–H groups in total. The number of rotatable bonds is 8. The Balaban J connectivity index is 1.62. The molecular formula is C31H32F6N4O3. The second-order valence-corrected chi connectivity index (χ2v) is 10.4. The minimum atomic E-state index is -5.10. The van der Waals surface area contributed by atoms with Crippen molar-refractivity contribution in [3.8, 4) is 5.75 Å². The number of amides is 2. The Morgan fingerprint density at radius 1 is 0.818 bits per heavy atom. The average Bonchev–Trinajstić information content (AvgIpc) is 2.99. The molecule has 2 amide bonds. The number of hydrogen-bond acceptors (Lipinski definition) is 5. The van der Waals surface area contributed by atoms with Crippen LogP contribution in [0.25, 0.3) is 0 Å². The smallest absolute Gasteiger partial charge is 0.416 e. The van der Waals surface area contributed by atoms with Crippen molar-refractivity contribution in [2.75, 3.05) is 48.4 Å². The van der Waals surface area contributed by atoms with Crippen molar-refractivity contribution in [1.82, 2.24) is 5.32 Å². The van der Waals surface area contributed by atoms with Gasteiger partial charge in [-0.3, -0.25) is 9.59 Å². The molecule has 1 aliphatic heterocycles. The number of ether oxygens (including phenoxy) is 1. The highest BCUT2D eigenvalue weighted by Gasteiger charge is 2.37. The molecule has 1 aliphatic rings. The zero-order chi connectivity index (χ0) is 32.2. The standard InChI is InChI=1S/C31H32F6N4O3/c1-4-19(2)38-29(43)24-18-23(39-28(42)20-15-21(30(32,33)34)17-22(16-20)31(35,36)37)9-10-25(24)40-11-13-41(14-12-40)26-7-5-6-8-27(26)44-3/h5-10,15-19H,4,11-14H2,1-3H3,(H,38,43)(H,39,42). The largest absolute Gasteiger partial charge is 0.495 e. The number of piperazine rings is 1. The summed E-state index contributed by atoms with van der Waals surface area (Å²) in [6, 6.07) is 12.5. The summed E-state index contributed by atoms with van der Waals surface area (Å²) in [6.07, 6.45) is -9.56. The van der Waals surface area contributed by atoms with Gasteiger partial charge in [0.15, 0.2) is 0 Å². The lowest BCUT2D eigenvalue weighted by atomic mass is 10.0. The first kappa shape index (κ1) is 32.5. The van der Waals surface area contributed by atoms with E-state index in [4.69, 9.17) is 4.74 Å². The Morgan fingerprint density at radius 3 is 1.93 bits per heavy atom. The molecule has 0 radical (unpaired) electrons. The molecule has 0 bridgehead atoms. The molecule has 0 aromatic heterocycles. The quantitative estimate of drug-likeness (QED) is 0.269. The molecule has 1 atom stereocenters. The molecule has 3 aromatic carbocycles. The van der Waals surface area contributed by atoms with E-state index in [1.165, 1.54) is 12.1 Å². The number of nitrogens with one attached hydrogen (secondary N) is 2. The van der Waals surface area contributed by atoms with E-state index in [-0.39, 0.29) is 23.4 Å². The number of methoxy groups -OCH3 is 1. The van der Waals surface area contributed by atoms with Gasteiger partial charge in [-0.15, -0.1) is 0 Å². The summed E-state index contributed by atoms with van der Waals surface area (Å²) < 4.78 is 85.4. The first-order chi connectivity index (χ1) is 20.7. The molecule has 0 saturated carbocycles. The van der Waals surface area contributed by atoms with Crippen LogP contribution in [0.5, 0.6) is 5.75 Å². The maximum atomic E-state index is 13.3. The molecule has 1 heterocycles. The van der Waals surface area contributed by atoms with Crippen LogP contribution in [0.15, 0.2) is 60.7 Å². The van der Waals surface area contributed by atoms with E-state index in [0.29, 0.717) is 50.4 Å². The van der Waals surface area contributed by atoms with Gasteiger partial charge in [-0.2, -0.15) is 26.3 Å². The average molecular weight is 623 g/mol. The number of hydrogen-bond donors (Lipinski definition) is 2. The van der Waals surface area contributed by atoms with Crippen LogP contribution in [0.1, 0.15) is 52.1 Å². The van der Waals surface area contributed by atoms with Gasteiger partial charge >= 0.3 is 12.4 Å². The van der Waals surface area contributed by atoms with Crippen LogP contribution in [-0.2, 0) is 12.4 Å². The van der Waals surface area contributed by atoms with Gasteiger partial charge in [0.05, 0.1) is 29.5 Å². The number of benzene rings is 3. The van der Waals surface area contributed by atoms with Crippen molar-refractivity contribution in [1.29, 1.82) is 0 Å². The van der Waals surface area contributed by atoms with E-state index in [9.17, 15) is 35.9 Å². The van der Waals surface area contributed by atoms with Gasteiger partial charge in [0, 0.05) is 49.2 Å². The van der Waals surface area contributed by atoms with Crippen LogP contribution >= 0.6 is 0 Å². The number of alkyl halides is 6. The minimum absolute atomic E-state index is 0.0340. The van der Waals surface area contributed by atoms with Gasteiger partial charge in [-0.25, -0.2) is 0 Å². The number of halogens is 6. The van der Waals surface area contributed by atoms with Gasteiger partial charge in [0.25, 0.3) is 11.8 Å². The normalized spacial score (nSPS) is 14.7. The Hall–Kier alpha value is -4.42. The molecule has 1 saturated heterocycles. The molecule has 13 heteroatoms. The van der Waals surface area contributed by atoms with Crippen molar-refractivity contribution in [3.05, 3.63) is 82.9 Å². The molecule has 44 heavy (non-hydrogen) atoms. The van der Waals surface area contributed by atoms with Crippen LogP contribution < -0.4 is 25.2 Å². The van der Waals surface area contributed by atoms with E-state index in [1.807, 2.05) is 43.0 Å². The molecule has 7 nitrogen and oxygen atoms in total. The van der Waals surface area contributed by atoms with Crippen molar-refractivity contribution in [2.45, 2.75) is 38.7 Å². The van der Waals surface area contributed by atoms with Crippen LogP contribution in [0.4, 0.5) is 43.4 Å². The lowest BCUT2D eigenvalue weighted by Gasteiger charge is -2.38. The molecule has 0 aliphatic carbocycles. The predicted octanol–water partition coefficient (Wildman–Crippen LogP) is 6.84. The third-order valence-electron chi connectivity index (χ3n) is 7.38. The summed E-state index contributed by atoms with van der Waals surface area (Å²) in [5, 5.41) is 5.24. The first-order valence-corrected chi connectivity index (χ1v) is 13.9. The van der Waals surface area contributed by atoms with Gasteiger partial charge in [0.1, 0.15) is 5.75 Å². The van der Waals surface area contributed by atoms with E-state index >= 15 is 0 Å². The third kappa shape index (κ3) is 7.56. The van der Waals surface area contributed by atoms with Crippen LogP contribution in [0.2, 0.25) is 0 Å². The third-order valence-corrected chi connectivity index (χ3v) is 7.38. The summed E-state index contributed by atoms with van der Waals surface area (Å²) in [4.78, 5) is 30.4. The maximum absolute atomic E-state index is 13.3. The highest BCUT2D eigenvalue weighted by molar-refractivity contribution is 6.06. The molecule has 1 unspecified atom stereocenters. The minimum Gasteiger partial charge on any atom is -0.495 e. The highest BCUT2D eigenvalue weighted by Crippen LogP contribution is 2.37. The topological polar surface area (TPSA) is 73.9 Å². The monoisotopic (exact) mass is 622 g/mol. The molecule has 3 aromatic rings. The fraction of sp³-hybridized carbons (Fsp3) is 0.355. The van der Waals surface area contributed by atoms with E-state index in [0.717, 1.165) is 11.4 Å². The number of carbonyl (C=O) groups is 2. The van der Waals surface area contributed by atoms with Crippen molar-refractivity contribution in [2.24, 2.45) is 0 Å². The summed E-state index contributed by atoms with van der Waals surface area (Å²) in [6.45, 7) is 6.02. The van der Waals surface area contributed by atoms with Crippen LogP contribution in [-0.4, -0.2) is 51.1 Å². The van der Waals surface area contributed by atoms with Crippen molar-refractivity contribution >= 4 is 28.9 Å². The van der Waals surface area contributed by atoms with Crippen LogP contribution in [0.3, 0.4) is 0 Å². The fourth-order valence-corrected chi connectivity index (χ4v) is 4.84. The van der Waals surface area contributed by atoms with E-state index in [2.05, 4.69) is 15.5 Å². The Morgan fingerprint density at radius 2 is 1.39 bits per heavy atom. The number of anilines is 3. The summed E-state index contributed by atoms with van der Waals surface area (Å²) >= 11 is 0. The Bertz CT molecular complexity index is 1470. The summed E-state index contributed by atoms with van der Waals surface area (Å²) in [7, 11) is 1.60. The number of carbonyl (C=O) groups excluding carboxylic acids is 2. The number of para-hydroxylation sites is 2. The van der Waals surface area contributed by atoms with Crippen molar-refractivity contribution in [3.63, 3.8) is 0 Å². The fourth-order valence-electron chi connectivity index (χ4n) is 4.84. The zero-order valence-electron chi connectivity index (χ0n) is 24.3. The second kappa shape index (κ2) is 13.1. The molecular weight excluding hydrogens is 590 g/mol. The zero-order valence-corrected chi connectivity index (χ0v) is 24.3. The summed E-state index contributed by atoms with van der Waals surface area (Å²) in [5.74, 6) is -0.887. The highest BCUT2D eigenvalue weighted by atomic mass is 19.4. The number of nitrogens with zero attached hydrogens (tertiary/aromatic N) is 2. The van der Waals surface area contributed by atoms with Gasteiger partial charge in [-0.05, 0) is 61.9 Å². The molecule has 0 spiro atoms.